The molecule has 1 aliphatic rings. The third kappa shape index (κ3) is 3.63. The highest BCUT2D eigenvalue weighted by atomic mass is 32.1. The van der Waals surface area contributed by atoms with Gasteiger partial charge < -0.3 is 15.7 Å². The molecule has 1 fully saturated rings. The van der Waals surface area contributed by atoms with Gasteiger partial charge >= 0.3 is 0 Å². The van der Waals surface area contributed by atoms with Crippen molar-refractivity contribution in [2.24, 2.45) is 11.7 Å². The number of likely N-dealkylation sites (tertiary alicyclic amines) is 1. The fourth-order valence-electron chi connectivity index (χ4n) is 2.35. The molecular formula is C15H18N2O3S. The van der Waals surface area contributed by atoms with E-state index in [2.05, 4.69) is 11.8 Å². The van der Waals surface area contributed by atoms with Crippen LogP contribution in [0.4, 0.5) is 0 Å². The topological polar surface area (TPSA) is 83.6 Å². The summed E-state index contributed by atoms with van der Waals surface area (Å²) in [5.74, 6) is 5.02. The molecule has 3 N–H and O–H groups in total. The van der Waals surface area contributed by atoms with Crippen molar-refractivity contribution in [2.75, 3.05) is 19.7 Å². The van der Waals surface area contributed by atoms with Crippen molar-refractivity contribution in [1.29, 1.82) is 0 Å². The molecule has 2 rings (SSSR count). The Labute approximate surface area is 127 Å². The number of carbonyl (C=O) groups is 2. The van der Waals surface area contributed by atoms with Crippen molar-refractivity contribution in [3.63, 3.8) is 0 Å². The molecule has 5 nitrogen and oxygen atoms in total. The van der Waals surface area contributed by atoms with Gasteiger partial charge in [-0.05, 0) is 31.4 Å². The number of hydrogen-bond donors (Lipinski definition) is 2. The van der Waals surface area contributed by atoms with E-state index >= 15 is 0 Å². The first kappa shape index (κ1) is 15.5. The Morgan fingerprint density at radius 3 is 2.71 bits per heavy atom. The molecule has 1 saturated heterocycles. The van der Waals surface area contributed by atoms with Crippen LogP contribution in [0.5, 0.6) is 0 Å². The minimum Gasteiger partial charge on any atom is -0.384 e. The Hall–Kier alpha value is -1.84. The monoisotopic (exact) mass is 306 g/mol. The fourth-order valence-corrected chi connectivity index (χ4v) is 3.37. The predicted molar refractivity (Wildman–Crippen MR) is 80.8 cm³/mol. The van der Waals surface area contributed by atoms with Crippen LogP contribution in [0.2, 0.25) is 0 Å². The van der Waals surface area contributed by atoms with E-state index in [1.807, 2.05) is 13.0 Å². The van der Waals surface area contributed by atoms with Crippen molar-refractivity contribution in [3.05, 3.63) is 21.4 Å². The van der Waals surface area contributed by atoms with Crippen LogP contribution in [0.3, 0.4) is 0 Å². The molecule has 0 spiro atoms. The SMILES string of the molecule is Cc1cc(C(=O)N2CCC(C(N)=O)CC2)sc1C#CCO. The van der Waals surface area contributed by atoms with E-state index in [0.29, 0.717) is 30.8 Å². The number of piperidine rings is 1. The molecule has 0 aromatic carbocycles. The standard InChI is InChI=1S/C15H18N2O3S/c1-10-9-13(21-12(10)3-2-8-18)15(20)17-6-4-11(5-7-17)14(16)19/h9,11,18H,4-8H2,1H3,(H2,16,19). The molecule has 2 heterocycles. The largest absolute Gasteiger partial charge is 0.384 e. The lowest BCUT2D eigenvalue weighted by molar-refractivity contribution is -0.123. The highest BCUT2D eigenvalue weighted by Gasteiger charge is 2.27. The number of aliphatic hydroxyl groups excluding tert-OH is 1. The van der Waals surface area contributed by atoms with E-state index in [1.165, 1.54) is 11.3 Å². The van der Waals surface area contributed by atoms with Crippen LogP contribution < -0.4 is 5.73 Å². The first-order valence-electron chi connectivity index (χ1n) is 6.81. The summed E-state index contributed by atoms with van der Waals surface area (Å²) in [6.45, 7) is 2.82. The van der Waals surface area contributed by atoms with Gasteiger partial charge in [0.15, 0.2) is 0 Å². The van der Waals surface area contributed by atoms with E-state index in [4.69, 9.17) is 10.8 Å². The first-order valence-corrected chi connectivity index (χ1v) is 7.63. The molecule has 112 valence electrons. The summed E-state index contributed by atoms with van der Waals surface area (Å²) in [6, 6.07) is 1.83. The van der Waals surface area contributed by atoms with Crippen LogP contribution in [-0.4, -0.2) is 41.5 Å². The molecule has 1 aromatic rings. The molecule has 0 atom stereocenters. The van der Waals surface area contributed by atoms with Gasteiger partial charge in [0, 0.05) is 19.0 Å². The lowest BCUT2D eigenvalue weighted by Gasteiger charge is -2.30. The molecule has 1 aliphatic heterocycles. The molecule has 1 aromatic heterocycles. The molecule has 0 radical (unpaired) electrons. The smallest absolute Gasteiger partial charge is 0.263 e. The van der Waals surface area contributed by atoms with Crippen molar-refractivity contribution in [3.8, 4) is 11.8 Å². The Kier molecular flexibility index (Phi) is 4.99. The van der Waals surface area contributed by atoms with Crippen molar-refractivity contribution in [1.82, 2.24) is 4.90 Å². The number of carbonyl (C=O) groups excluding carboxylic acids is 2. The summed E-state index contributed by atoms with van der Waals surface area (Å²) >= 11 is 1.34. The van der Waals surface area contributed by atoms with E-state index in [-0.39, 0.29) is 24.3 Å². The fraction of sp³-hybridized carbons (Fsp3) is 0.467. The number of aryl methyl sites for hydroxylation is 1. The van der Waals surface area contributed by atoms with Gasteiger partial charge in [-0.2, -0.15) is 0 Å². The van der Waals surface area contributed by atoms with E-state index in [9.17, 15) is 9.59 Å². The summed E-state index contributed by atoms with van der Waals surface area (Å²) in [5, 5.41) is 8.73. The van der Waals surface area contributed by atoms with E-state index in [0.717, 1.165) is 10.4 Å². The summed E-state index contributed by atoms with van der Waals surface area (Å²) in [7, 11) is 0. The summed E-state index contributed by atoms with van der Waals surface area (Å²) in [6.07, 6.45) is 1.26. The van der Waals surface area contributed by atoms with Crippen LogP contribution in [0, 0.1) is 24.7 Å². The highest BCUT2D eigenvalue weighted by molar-refractivity contribution is 7.14. The molecule has 21 heavy (non-hydrogen) atoms. The average Bonchev–Trinajstić information content (AvgIpc) is 2.85. The van der Waals surface area contributed by atoms with E-state index in [1.54, 1.807) is 4.90 Å². The molecular weight excluding hydrogens is 288 g/mol. The Morgan fingerprint density at radius 1 is 1.48 bits per heavy atom. The van der Waals surface area contributed by atoms with Gasteiger partial charge in [-0.25, -0.2) is 0 Å². The van der Waals surface area contributed by atoms with Gasteiger partial charge in [0.05, 0.1) is 9.75 Å². The van der Waals surface area contributed by atoms with Crippen molar-refractivity contribution >= 4 is 23.2 Å². The highest BCUT2D eigenvalue weighted by Crippen LogP contribution is 2.25. The number of hydrogen-bond acceptors (Lipinski definition) is 4. The normalized spacial score (nSPS) is 15.4. The second kappa shape index (κ2) is 6.74. The lowest BCUT2D eigenvalue weighted by atomic mass is 9.96. The minimum absolute atomic E-state index is 0.0249. The Morgan fingerprint density at radius 2 is 2.14 bits per heavy atom. The second-order valence-electron chi connectivity index (χ2n) is 5.05. The maximum absolute atomic E-state index is 12.4. The second-order valence-corrected chi connectivity index (χ2v) is 6.10. The minimum atomic E-state index is -0.282. The molecule has 6 heteroatoms. The number of thiophene rings is 1. The van der Waals surface area contributed by atoms with Crippen molar-refractivity contribution in [2.45, 2.75) is 19.8 Å². The average molecular weight is 306 g/mol. The van der Waals surface area contributed by atoms with Gasteiger partial charge in [0.25, 0.3) is 5.91 Å². The first-order chi connectivity index (χ1) is 10.0. The van der Waals surface area contributed by atoms with Crippen LogP contribution >= 0.6 is 11.3 Å². The molecule has 0 bridgehead atoms. The number of nitrogens with zero attached hydrogens (tertiary/aromatic N) is 1. The summed E-state index contributed by atoms with van der Waals surface area (Å²) in [5.41, 5.74) is 6.23. The Balaban J connectivity index is 2.06. The van der Waals surface area contributed by atoms with Gasteiger partial charge in [-0.3, -0.25) is 9.59 Å². The summed E-state index contributed by atoms with van der Waals surface area (Å²) in [4.78, 5) is 26.8. The predicted octanol–water partition coefficient (Wildman–Crippen LogP) is 0.738. The third-order valence-corrected chi connectivity index (χ3v) is 4.73. The molecule has 0 saturated carbocycles. The van der Waals surface area contributed by atoms with Crippen LogP contribution in [0.25, 0.3) is 0 Å². The molecule has 0 aliphatic carbocycles. The third-order valence-electron chi connectivity index (χ3n) is 3.59. The maximum atomic E-state index is 12.4. The van der Waals surface area contributed by atoms with Crippen LogP contribution in [0.1, 0.15) is 33.0 Å². The van der Waals surface area contributed by atoms with Gasteiger partial charge in [-0.1, -0.05) is 11.8 Å². The molecule has 2 amide bonds. The number of nitrogens with two attached hydrogens (primary N) is 1. The van der Waals surface area contributed by atoms with E-state index < -0.39 is 0 Å². The number of primary amides is 1. The number of amides is 2. The number of aliphatic hydroxyl groups is 1. The van der Waals surface area contributed by atoms with Crippen LogP contribution in [0.15, 0.2) is 6.07 Å². The zero-order valence-electron chi connectivity index (χ0n) is 11.9. The quantitative estimate of drug-likeness (QED) is 0.790. The zero-order valence-corrected chi connectivity index (χ0v) is 12.7. The number of rotatable bonds is 2. The van der Waals surface area contributed by atoms with Gasteiger partial charge in [-0.15, -0.1) is 11.3 Å². The van der Waals surface area contributed by atoms with Crippen LogP contribution in [-0.2, 0) is 4.79 Å². The van der Waals surface area contributed by atoms with Gasteiger partial charge in [0.1, 0.15) is 6.61 Å². The van der Waals surface area contributed by atoms with Crippen molar-refractivity contribution < 1.29 is 14.7 Å². The maximum Gasteiger partial charge on any atom is 0.263 e. The lowest BCUT2D eigenvalue weighted by Crippen LogP contribution is -2.41. The summed E-state index contributed by atoms with van der Waals surface area (Å²) < 4.78 is 0. The zero-order chi connectivity index (χ0) is 15.4. The molecule has 0 unspecified atom stereocenters. The Bertz CT molecular complexity index is 604. The van der Waals surface area contributed by atoms with Gasteiger partial charge in [0.2, 0.25) is 5.91 Å².